The van der Waals surface area contributed by atoms with E-state index in [0.717, 1.165) is 23.2 Å². The maximum Gasteiger partial charge on any atom is 0.265 e. The van der Waals surface area contributed by atoms with Crippen LogP contribution in [0.5, 0.6) is 0 Å². The number of primary amides is 1. The largest absolute Gasteiger partial charge is 0.364 e. The molecule has 3 heteroatoms. The molecule has 0 atom stereocenters. The van der Waals surface area contributed by atoms with Crippen molar-refractivity contribution in [3.8, 4) is 11.1 Å². The highest BCUT2D eigenvalue weighted by Gasteiger charge is 2.18. The summed E-state index contributed by atoms with van der Waals surface area (Å²) in [6, 6.07) is 9.87. The molecular formula is C14H16N2O. The summed E-state index contributed by atoms with van der Waals surface area (Å²) < 4.78 is 1.90. The monoisotopic (exact) mass is 228 g/mol. The fourth-order valence-corrected chi connectivity index (χ4v) is 2.18. The molecule has 88 valence electrons. The molecule has 0 spiro atoms. The Balaban J connectivity index is 2.69. The third-order valence-corrected chi connectivity index (χ3v) is 2.90. The number of benzene rings is 1. The minimum atomic E-state index is -0.376. The minimum Gasteiger partial charge on any atom is -0.364 e. The Morgan fingerprint density at radius 2 is 1.94 bits per heavy atom. The average molecular weight is 228 g/mol. The van der Waals surface area contributed by atoms with Crippen LogP contribution in [0.3, 0.4) is 0 Å². The van der Waals surface area contributed by atoms with Crippen LogP contribution in [0.15, 0.2) is 36.5 Å². The van der Waals surface area contributed by atoms with Crippen LogP contribution in [0, 0.1) is 6.92 Å². The Kier molecular flexibility index (Phi) is 3.00. The van der Waals surface area contributed by atoms with Crippen LogP contribution in [-0.2, 0) is 6.54 Å². The minimum absolute atomic E-state index is 0.376. The number of hydrogen-bond acceptors (Lipinski definition) is 1. The van der Waals surface area contributed by atoms with Gasteiger partial charge in [-0.05, 0) is 25.0 Å². The number of aryl methyl sites for hydroxylation is 2. The highest BCUT2D eigenvalue weighted by Crippen LogP contribution is 2.28. The summed E-state index contributed by atoms with van der Waals surface area (Å²) in [5, 5.41) is 0. The van der Waals surface area contributed by atoms with E-state index in [9.17, 15) is 4.79 Å². The predicted octanol–water partition coefficient (Wildman–Crippen LogP) is 2.58. The highest BCUT2D eigenvalue weighted by molar-refractivity contribution is 5.99. The predicted molar refractivity (Wildman–Crippen MR) is 68.8 cm³/mol. The van der Waals surface area contributed by atoms with Gasteiger partial charge in [-0.2, -0.15) is 0 Å². The second kappa shape index (κ2) is 4.45. The third kappa shape index (κ3) is 1.96. The summed E-state index contributed by atoms with van der Waals surface area (Å²) in [7, 11) is 0. The van der Waals surface area contributed by atoms with Crippen molar-refractivity contribution in [3.63, 3.8) is 0 Å². The molecule has 0 aliphatic rings. The van der Waals surface area contributed by atoms with Gasteiger partial charge < -0.3 is 10.3 Å². The number of carbonyl (C=O) groups is 1. The van der Waals surface area contributed by atoms with Gasteiger partial charge in [0.25, 0.3) is 5.91 Å². The van der Waals surface area contributed by atoms with Gasteiger partial charge in [0.1, 0.15) is 5.69 Å². The van der Waals surface area contributed by atoms with E-state index in [1.165, 1.54) is 0 Å². The molecule has 0 fully saturated rings. The van der Waals surface area contributed by atoms with Crippen molar-refractivity contribution in [1.29, 1.82) is 0 Å². The van der Waals surface area contributed by atoms with E-state index >= 15 is 0 Å². The van der Waals surface area contributed by atoms with E-state index in [4.69, 9.17) is 5.73 Å². The van der Waals surface area contributed by atoms with Gasteiger partial charge in [0.15, 0.2) is 0 Å². The van der Waals surface area contributed by atoms with Crippen molar-refractivity contribution in [2.75, 3.05) is 0 Å². The normalized spacial score (nSPS) is 10.5. The van der Waals surface area contributed by atoms with Crippen molar-refractivity contribution in [2.45, 2.75) is 20.4 Å². The van der Waals surface area contributed by atoms with Gasteiger partial charge in [0.2, 0.25) is 0 Å². The van der Waals surface area contributed by atoms with E-state index in [0.29, 0.717) is 5.69 Å². The second-order valence-electron chi connectivity index (χ2n) is 4.05. The van der Waals surface area contributed by atoms with E-state index in [-0.39, 0.29) is 5.91 Å². The molecule has 0 bridgehead atoms. The number of carbonyl (C=O) groups excluding carboxylic acids is 1. The standard InChI is InChI=1S/C14H16N2O/c1-3-16-9-10(2)12(13(16)14(15)17)11-7-5-4-6-8-11/h4-9H,3H2,1-2H3,(H2,15,17). The summed E-state index contributed by atoms with van der Waals surface area (Å²) in [5.74, 6) is -0.376. The molecule has 0 saturated carbocycles. The van der Waals surface area contributed by atoms with E-state index in [1.807, 2.05) is 54.9 Å². The van der Waals surface area contributed by atoms with Gasteiger partial charge in [-0.3, -0.25) is 4.79 Å². The van der Waals surface area contributed by atoms with Crippen molar-refractivity contribution in [2.24, 2.45) is 5.73 Å². The summed E-state index contributed by atoms with van der Waals surface area (Å²) in [6.07, 6.45) is 1.97. The van der Waals surface area contributed by atoms with Crippen LogP contribution in [0.25, 0.3) is 11.1 Å². The first kappa shape index (κ1) is 11.5. The van der Waals surface area contributed by atoms with Gasteiger partial charge in [-0.15, -0.1) is 0 Å². The summed E-state index contributed by atoms with van der Waals surface area (Å²) in [6.45, 7) is 4.74. The first-order valence-electron chi connectivity index (χ1n) is 5.70. The van der Waals surface area contributed by atoms with Crippen molar-refractivity contribution in [1.82, 2.24) is 4.57 Å². The van der Waals surface area contributed by atoms with Crippen molar-refractivity contribution < 1.29 is 4.79 Å². The molecule has 0 radical (unpaired) electrons. The maximum absolute atomic E-state index is 11.6. The number of nitrogens with two attached hydrogens (primary N) is 1. The van der Waals surface area contributed by atoms with Gasteiger partial charge in [-0.1, -0.05) is 30.3 Å². The molecule has 3 nitrogen and oxygen atoms in total. The SMILES string of the molecule is CCn1cc(C)c(-c2ccccc2)c1C(N)=O. The first-order valence-corrected chi connectivity index (χ1v) is 5.70. The molecule has 0 unspecified atom stereocenters. The van der Waals surface area contributed by atoms with Crippen molar-refractivity contribution in [3.05, 3.63) is 47.8 Å². The number of aromatic nitrogens is 1. The zero-order valence-corrected chi connectivity index (χ0v) is 10.1. The number of amides is 1. The highest BCUT2D eigenvalue weighted by atomic mass is 16.1. The fraction of sp³-hybridized carbons (Fsp3) is 0.214. The van der Waals surface area contributed by atoms with E-state index in [1.54, 1.807) is 0 Å². The molecule has 0 saturated heterocycles. The van der Waals surface area contributed by atoms with Crippen LogP contribution >= 0.6 is 0 Å². The molecule has 1 heterocycles. The lowest BCUT2D eigenvalue weighted by atomic mass is 10.0. The molecule has 2 N–H and O–H groups in total. The van der Waals surface area contributed by atoms with Gasteiger partial charge >= 0.3 is 0 Å². The summed E-state index contributed by atoms with van der Waals surface area (Å²) in [5.41, 5.74) is 9.13. The van der Waals surface area contributed by atoms with Crippen molar-refractivity contribution >= 4 is 5.91 Å². The molecule has 1 aromatic heterocycles. The lowest BCUT2D eigenvalue weighted by Gasteiger charge is -2.06. The number of rotatable bonds is 3. The smallest absolute Gasteiger partial charge is 0.265 e. The first-order chi connectivity index (χ1) is 8.15. The Hall–Kier alpha value is -2.03. The Bertz CT molecular complexity index is 541. The molecule has 0 aliphatic heterocycles. The van der Waals surface area contributed by atoms with Crippen LogP contribution in [-0.4, -0.2) is 10.5 Å². The zero-order chi connectivity index (χ0) is 12.4. The van der Waals surface area contributed by atoms with Crippen LogP contribution in [0.1, 0.15) is 23.0 Å². The molecule has 0 aliphatic carbocycles. The quantitative estimate of drug-likeness (QED) is 0.862. The average Bonchev–Trinajstić information content (AvgIpc) is 2.67. The number of hydrogen-bond donors (Lipinski definition) is 1. The molecule has 17 heavy (non-hydrogen) atoms. The van der Waals surface area contributed by atoms with E-state index in [2.05, 4.69) is 0 Å². The Labute approximate surface area is 101 Å². The lowest BCUT2D eigenvalue weighted by Crippen LogP contribution is -2.17. The second-order valence-corrected chi connectivity index (χ2v) is 4.05. The maximum atomic E-state index is 11.6. The summed E-state index contributed by atoms with van der Waals surface area (Å²) in [4.78, 5) is 11.6. The molecule has 2 aromatic rings. The van der Waals surface area contributed by atoms with Crippen LogP contribution < -0.4 is 5.73 Å². The molecule has 1 amide bonds. The topological polar surface area (TPSA) is 48.0 Å². The number of nitrogens with zero attached hydrogens (tertiary/aromatic N) is 1. The zero-order valence-electron chi connectivity index (χ0n) is 10.1. The summed E-state index contributed by atoms with van der Waals surface area (Å²) >= 11 is 0. The lowest BCUT2D eigenvalue weighted by molar-refractivity contribution is 0.0992. The van der Waals surface area contributed by atoms with Crippen LogP contribution in [0.2, 0.25) is 0 Å². The molecular weight excluding hydrogens is 212 g/mol. The van der Waals surface area contributed by atoms with Gasteiger partial charge in [0.05, 0.1) is 0 Å². The van der Waals surface area contributed by atoms with Crippen LogP contribution in [0.4, 0.5) is 0 Å². The Morgan fingerprint density at radius 3 is 2.47 bits per heavy atom. The van der Waals surface area contributed by atoms with Gasteiger partial charge in [0, 0.05) is 18.3 Å². The third-order valence-electron chi connectivity index (χ3n) is 2.90. The molecule has 2 rings (SSSR count). The van der Waals surface area contributed by atoms with E-state index < -0.39 is 0 Å². The fourth-order valence-electron chi connectivity index (χ4n) is 2.18. The Morgan fingerprint density at radius 1 is 1.29 bits per heavy atom. The van der Waals surface area contributed by atoms with Gasteiger partial charge in [-0.25, -0.2) is 0 Å². The molecule has 1 aromatic carbocycles.